The van der Waals surface area contributed by atoms with Crippen LogP contribution < -0.4 is 4.90 Å². The van der Waals surface area contributed by atoms with Crippen LogP contribution in [-0.4, -0.2) is 52.1 Å². The molecule has 6 heteroatoms. The van der Waals surface area contributed by atoms with E-state index in [-0.39, 0.29) is 11.9 Å². The van der Waals surface area contributed by atoms with Gasteiger partial charge in [-0.25, -0.2) is 4.79 Å². The van der Waals surface area contributed by atoms with Gasteiger partial charge in [-0.3, -0.25) is 9.69 Å². The molecule has 0 radical (unpaired) electrons. The summed E-state index contributed by atoms with van der Waals surface area (Å²) in [5.41, 5.74) is 4.70. The zero-order valence-corrected chi connectivity index (χ0v) is 21.6. The first-order chi connectivity index (χ1) is 16.7. The van der Waals surface area contributed by atoms with Crippen LogP contribution in [0.25, 0.3) is 11.1 Å². The van der Waals surface area contributed by atoms with Crippen molar-refractivity contribution in [1.29, 1.82) is 0 Å². The van der Waals surface area contributed by atoms with Crippen molar-refractivity contribution in [3.8, 4) is 11.1 Å². The number of nitrogens with zero attached hydrogens (tertiary/aromatic N) is 3. The third-order valence-electron chi connectivity index (χ3n) is 7.47. The molecule has 2 aromatic rings. The highest BCUT2D eigenvalue weighted by atomic mass is 16.4. The van der Waals surface area contributed by atoms with Crippen LogP contribution in [0.5, 0.6) is 0 Å². The van der Waals surface area contributed by atoms with Crippen molar-refractivity contribution in [2.24, 2.45) is 0 Å². The quantitative estimate of drug-likeness (QED) is 0.530. The fourth-order valence-electron chi connectivity index (χ4n) is 5.88. The topological polar surface area (TPSA) is 64.1 Å². The van der Waals surface area contributed by atoms with Crippen LogP contribution in [0.3, 0.4) is 0 Å². The molecule has 0 aliphatic carbocycles. The van der Waals surface area contributed by atoms with Crippen LogP contribution in [0, 0.1) is 0 Å². The lowest BCUT2D eigenvalue weighted by Crippen LogP contribution is -2.54. The maximum absolute atomic E-state index is 12.7. The molecule has 1 saturated heterocycles. The van der Waals surface area contributed by atoms with Crippen LogP contribution in [0.1, 0.15) is 77.0 Å². The summed E-state index contributed by atoms with van der Waals surface area (Å²) >= 11 is 0. The molecule has 2 amide bonds. The van der Waals surface area contributed by atoms with E-state index >= 15 is 0 Å². The largest absolute Gasteiger partial charge is 0.465 e. The molecule has 1 N–H and O–H groups in total. The number of benzene rings is 2. The maximum atomic E-state index is 12.7. The minimum absolute atomic E-state index is 0.0260. The van der Waals surface area contributed by atoms with Crippen molar-refractivity contribution < 1.29 is 14.7 Å². The number of hydrogen-bond acceptors (Lipinski definition) is 3. The molecule has 2 aliphatic rings. The zero-order chi connectivity index (χ0) is 25.2. The fraction of sp³-hybridized carbons (Fsp3) is 0.517. The Labute approximate surface area is 209 Å². The summed E-state index contributed by atoms with van der Waals surface area (Å²) < 4.78 is 0. The first-order valence-electron chi connectivity index (χ1n) is 13.0. The molecule has 6 nitrogen and oxygen atoms in total. The Kier molecular flexibility index (Phi) is 7.50. The molecule has 1 unspecified atom stereocenters. The van der Waals surface area contributed by atoms with Crippen molar-refractivity contribution >= 4 is 17.7 Å². The average Bonchev–Trinajstić information content (AvgIpc) is 2.82. The number of carbonyl (C=O) groups is 2. The summed E-state index contributed by atoms with van der Waals surface area (Å²) in [4.78, 5) is 30.8. The number of rotatable bonds is 6. The molecule has 2 aliphatic heterocycles. The van der Waals surface area contributed by atoms with Crippen molar-refractivity contribution in [2.45, 2.75) is 77.9 Å². The second kappa shape index (κ2) is 10.4. The summed E-state index contributed by atoms with van der Waals surface area (Å²) in [6.07, 6.45) is 4.30. The molecule has 1 atom stereocenters. The van der Waals surface area contributed by atoms with Crippen LogP contribution in [0.2, 0.25) is 0 Å². The Bertz CT molecular complexity index is 1060. The van der Waals surface area contributed by atoms with Gasteiger partial charge >= 0.3 is 6.09 Å². The molecular formula is C29H39N3O3. The monoisotopic (exact) mass is 477 g/mol. The van der Waals surface area contributed by atoms with Crippen molar-refractivity contribution in [3.63, 3.8) is 0 Å². The molecule has 0 spiro atoms. The van der Waals surface area contributed by atoms with Crippen LogP contribution in [0.15, 0.2) is 42.5 Å². The predicted octanol–water partition coefficient (Wildman–Crippen LogP) is 6.31. The highest BCUT2D eigenvalue weighted by molar-refractivity contribution is 5.95. The first kappa shape index (κ1) is 25.2. The Morgan fingerprint density at radius 2 is 1.69 bits per heavy atom. The van der Waals surface area contributed by atoms with Gasteiger partial charge in [-0.15, -0.1) is 0 Å². The number of carbonyl (C=O) groups excluding carboxylic acids is 1. The number of carboxylic acid groups (broad SMARTS) is 1. The summed E-state index contributed by atoms with van der Waals surface area (Å²) in [5, 5.41) is 10.0. The van der Waals surface area contributed by atoms with Crippen molar-refractivity contribution in [3.05, 3.63) is 53.6 Å². The highest BCUT2D eigenvalue weighted by Gasteiger charge is 2.43. The molecule has 0 aromatic heterocycles. The van der Waals surface area contributed by atoms with E-state index in [1.807, 2.05) is 31.7 Å². The summed E-state index contributed by atoms with van der Waals surface area (Å²) in [6, 6.07) is 14.6. The van der Waals surface area contributed by atoms with Crippen LogP contribution in [-0.2, 0) is 11.3 Å². The highest BCUT2D eigenvalue weighted by Crippen LogP contribution is 2.46. The van der Waals surface area contributed by atoms with Gasteiger partial charge in [0.15, 0.2) is 0 Å². The van der Waals surface area contributed by atoms with Gasteiger partial charge in [-0.1, -0.05) is 43.7 Å². The molecule has 1 fully saturated rings. The van der Waals surface area contributed by atoms with Gasteiger partial charge in [0.2, 0.25) is 5.91 Å². The minimum Gasteiger partial charge on any atom is -0.465 e. The Hall–Kier alpha value is -2.86. The maximum Gasteiger partial charge on any atom is 0.407 e. The van der Waals surface area contributed by atoms with E-state index in [0.717, 1.165) is 35.3 Å². The third kappa shape index (κ3) is 5.37. The van der Waals surface area contributed by atoms with E-state index in [4.69, 9.17) is 0 Å². The summed E-state index contributed by atoms with van der Waals surface area (Å²) in [5.74, 6) is -0.0260. The Morgan fingerprint density at radius 3 is 2.29 bits per heavy atom. The fourth-order valence-corrected chi connectivity index (χ4v) is 5.88. The number of amides is 2. The molecular weight excluding hydrogens is 438 g/mol. The number of hydrogen-bond donors (Lipinski definition) is 1. The lowest BCUT2D eigenvalue weighted by molar-refractivity contribution is -0.117. The van der Waals surface area contributed by atoms with E-state index in [1.54, 1.807) is 11.8 Å². The molecule has 0 bridgehead atoms. The molecule has 0 saturated carbocycles. The number of anilines is 1. The van der Waals surface area contributed by atoms with Crippen LogP contribution in [0.4, 0.5) is 10.5 Å². The van der Waals surface area contributed by atoms with E-state index in [9.17, 15) is 14.7 Å². The second-order valence-electron chi connectivity index (χ2n) is 10.7. The van der Waals surface area contributed by atoms with E-state index < -0.39 is 11.6 Å². The van der Waals surface area contributed by atoms with Crippen molar-refractivity contribution in [1.82, 2.24) is 9.80 Å². The molecule has 2 heterocycles. The Balaban J connectivity index is 1.69. The van der Waals surface area contributed by atoms with Gasteiger partial charge in [0, 0.05) is 31.2 Å². The zero-order valence-electron chi connectivity index (χ0n) is 21.6. The number of fused-ring (bicyclic) bond motifs is 1. The van der Waals surface area contributed by atoms with Gasteiger partial charge in [0.05, 0.1) is 6.04 Å². The second-order valence-corrected chi connectivity index (χ2v) is 10.7. The first-order valence-corrected chi connectivity index (χ1v) is 13.0. The smallest absolute Gasteiger partial charge is 0.407 e. The third-order valence-corrected chi connectivity index (χ3v) is 7.47. The van der Waals surface area contributed by atoms with E-state index in [2.05, 4.69) is 41.3 Å². The summed E-state index contributed by atoms with van der Waals surface area (Å²) in [7, 11) is 0. The van der Waals surface area contributed by atoms with Gasteiger partial charge in [-0.2, -0.15) is 0 Å². The van der Waals surface area contributed by atoms with Crippen molar-refractivity contribution in [2.75, 3.05) is 24.5 Å². The minimum atomic E-state index is -0.914. The number of likely N-dealkylation sites (tertiary alicyclic amines) is 1. The molecule has 2 aromatic carbocycles. The SMILES string of the molecule is CCCN(C(=O)O)C1CC(C)(C)N(C(C)=O)c2ccc(-c3ccc(CN4CCCCC4)cc3)cc21. The van der Waals surface area contributed by atoms with Gasteiger partial charge in [0.25, 0.3) is 0 Å². The lowest BCUT2D eigenvalue weighted by atomic mass is 9.81. The summed E-state index contributed by atoms with van der Waals surface area (Å²) in [6.45, 7) is 11.4. The number of piperidine rings is 1. The average molecular weight is 478 g/mol. The van der Waals surface area contributed by atoms with Gasteiger partial charge in [-0.05, 0) is 87.0 Å². The molecule has 35 heavy (non-hydrogen) atoms. The normalized spacial score (nSPS) is 19.8. The molecule has 188 valence electrons. The standard InChI is InChI=1S/C29H39N3O3/c1-5-15-31(28(34)35)27-19-29(3,4)32(21(2)33)26-14-13-24(18-25(26)27)23-11-9-22(10-12-23)20-30-16-7-6-8-17-30/h9-14,18,27H,5-8,15-17,19-20H2,1-4H3,(H,34,35). The van der Waals surface area contributed by atoms with Crippen LogP contribution >= 0.6 is 0 Å². The van der Waals surface area contributed by atoms with E-state index in [1.165, 1.54) is 37.9 Å². The van der Waals surface area contributed by atoms with E-state index in [0.29, 0.717) is 13.0 Å². The molecule has 4 rings (SSSR count). The van der Waals surface area contributed by atoms with Gasteiger partial charge < -0.3 is 14.9 Å². The predicted molar refractivity (Wildman–Crippen MR) is 141 cm³/mol. The Morgan fingerprint density at radius 1 is 1.03 bits per heavy atom. The lowest BCUT2D eigenvalue weighted by Gasteiger charge is -2.48. The van der Waals surface area contributed by atoms with Gasteiger partial charge in [0.1, 0.15) is 0 Å².